The lowest BCUT2D eigenvalue weighted by Gasteiger charge is -2.36. The van der Waals surface area contributed by atoms with E-state index in [2.05, 4.69) is 29.0 Å². The number of aromatic nitrogens is 3. The predicted molar refractivity (Wildman–Crippen MR) is 85.9 cm³/mol. The lowest BCUT2D eigenvalue weighted by Crippen LogP contribution is -2.51. The van der Waals surface area contributed by atoms with Gasteiger partial charge in [-0.05, 0) is 25.0 Å². The van der Waals surface area contributed by atoms with E-state index in [1.165, 1.54) is 0 Å². The Balaban J connectivity index is 1.82. The van der Waals surface area contributed by atoms with Gasteiger partial charge in [-0.2, -0.15) is 4.98 Å². The van der Waals surface area contributed by atoms with Crippen LogP contribution in [0.1, 0.15) is 19.7 Å². The van der Waals surface area contributed by atoms with Crippen LogP contribution in [0.25, 0.3) is 11.5 Å². The average molecular weight is 315 g/mol. The van der Waals surface area contributed by atoms with Crippen LogP contribution in [-0.4, -0.2) is 52.1 Å². The van der Waals surface area contributed by atoms with Crippen molar-refractivity contribution in [2.75, 3.05) is 31.1 Å². The van der Waals surface area contributed by atoms with Gasteiger partial charge in [0.2, 0.25) is 5.91 Å². The van der Waals surface area contributed by atoms with Gasteiger partial charge in [-0.1, -0.05) is 19.0 Å². The smallest absolute Gasteiger partial charge is 0.261 e. The molecule has 2 aromatic heterocycles. The maximum atomic E-state index is 12.4. The number of piperazine rings is 1. The highest BCUT2D eigenvalue weighted by atomic mass is 16.5. The minimum atomic E-state index is 0.128. The van der Waals surface area contributed by atoms with E-state index in [-0.39, 0.29) is 5.91 Å². The highest BCUT2D eigenvalue weighted by Crippen LogP contribution is 2.28. The molecule has 0 aliphatic carbocycles. The Morgan fingerprint density at radius 3 is 2.83 bits per heavy atom. The van der Waals surface area contributed by atoms with Crippen molar-refractivity contribution >= 4 is 11.7 Å². The highest BCUT2D eigenvalue weighted by molar-refractivity contribution is 5.84. The minimum absolute atomic E-state index is 0.128. The predicted octanol–water partition coefficient (Wildman–Crippen LogP) is 1.74. The molecule has 0 aromatic carbocycles. The van der Waals surface area contributed by atoms with E-state index in [0.717, 1.165) is 18.7 Å². The fourth-order valence-corrected chi connectivity index (χ4v) is 2.75. The minimum Gasteiger partial charge on any atom is -0.345 e. The van der Waals surface area contributed by atoms with Gasteiger partial charge in [-0.25, -0.2) is 4.98 Å². The number of carbonyl (C=O) groups excluding carboxylic acids is 1. The Morgan fingerprint density at radius 1 is 1.35 bits per heavy atom. The second-order valence-electron chi connectivity index (χ2n) is 6.18. The maximum Gasteiger partial charge on any atom is 0.261 e. The SMILES string of the molecule is Cc1noc(-c2cccnc2N2CCN(CC(C)C)C(=O)C2)n1. The van der Waals surface area contributed by atoms with Gasteiger partial charge in [-0.3, -0.25) is 4.79 Å². The first kappa shape index (κ1) is 15.5. The van der Waals surface area contributed by atoms with Gasteiger partial charge in [0, 0.05) is 25.8 Å². The van der Waals surface area contributed by atoms with E-state index in [9.17, 15) is 4.79 Å². The summed E-state index contributed by atoms with van der Waals surface area (Å²) in [7, 11) is 0. The Hall–Kier alpha value is -2.44. The third-order valence-electron chi connectivity index (χ3n) is 3.75. The molecular weight excluding hydrogens is 294 g/mol. The maximum absolute atomic E-state index is 12.4. The van der Waals surface area contributed by atoms with Crippen molar-refractivity contribution in [1.29, 1.82) is 0 Å². The van der Waals surface area contributed by atoms with Crippen molar-refractivity contribution < 1.29 is 9.32 Å². The number of hydrogen-bond acceptors (Lipinski definition) is 6. The molecule has 122 valence electrons. The summed E-state index contributed by atoms with van der Waals surface area (Å²) in [6.07, 6.45) is 1.72. The molecule has 1 aliphatic heterocycles. The summed E-state index contributed by atoms with van der Waals surface area (Å²) < 4.78 is 5.26. The number of pyridine rings is 1. The number of carbonyl (C=O) groups is 1. The third kappa shape index (κ3) is 3.33. The molecule has 3 rings (SSSR count). The molecule has 1 amide bonds. The summed E-state index contributed by atoms with van der Waals surface area (Å²) in [5.74, 6) is 2.32. The van der Waals surface area contributed by atoms with Crippen molar-refractivity contribution in [1.82, 2.24) is 20.0 Å². The van der Waals surface area contributed by atoms with Crippen molar-refractivity contribution in [3.63, 3.8) is 0 Å². The van der Waals surface area contributed by atoms with E-state index < -0.39 is 0 Å². The summed E-state index contributed by atoms with van der Waals surface area (Å²) in [6, 6.07) is 3.72. The molecule has 1 saturated heterocycles. The molecule has 0 saturated carbocycles. The first-order chi connectivity index (χ1) is 11.0. The topological polar surface area (TPSA) is 75.4 Å². The average Bonchev–Trinajstić information content (AvgIpc) is 2.95. The molecule has 0 bridgehead atoms. The van der Waals surface area contributed by atoms with Crippen LogP contribution in [0, 0.1) is 12.8 Å². The Morgan fingerprint density at radius 2 is 2.17 bits per heavy atom. The zero-order chi connectivity index (χ0) is 16.4. The van der Waals surface area contributed by atoms with Gasteiger partial charge in [0.15, 0.2) is 5.82 Å². The monoisotopic (exact) mass is 315 g/mol. The van der Waals surface area contributed by atoms with E-state index in [0.29, 0.717) is 36.5 Å². The van der Waals surface area contributed by atoms with Gasteiger partial charge in [0.1, 0.15) is 5.82 Å². The zero-order valence-electron chi connectivity index (χ0n) is 13.7. The first-order valence-corrected chi connectivity index (χ1v) is 7.83. The number of amides is 1. The molecular formula is C16H21N5O2. The van der Waals surface area contributed by atoms with Crippen molar-refractivity contribution in [2.45, 2.75) is 20.8 Å². The highest BCUT2D eigenvalue weighted by Gasteiger charge is 2.27. The van der Waals surface area contributed by atoms with Crippen LogP contribution in [0.4, 0.5) is 5.82 Å². The van der Waals surface area contributed by atoms with Gasteiger partial charge < -0.3 is 14.3 Å². The van der Waals surface area contributed by atoms with Crippen LogP contribution in [0.3, 0.4) is 0 Å². The molecule has 2 aromatic rings. The van der Waals surface area contributed by atoms with Crippen LogP contribution < -0.4 is 4.90 Å². The molecule has 1 aliphatic rings. The fourth-order valence-electron chi connectivity index (χ4n) is 2.75. The first-order valence-electron chi connectivity index (χ1n) is 7.83. The molecule has 0 N–H and O–H groups in total. The van der Waals surface area contributed by atoms with Crippen LogP contribution >= 0.6 is 0 Å². The van der Waals surface area contributed by atoms with E-state index in [4.69, 9.17) is 4.52 Å². The quantitative estimate of drug-likeness (QED) is 0.855. The Bertz CT molecular complexity index is 697. The number of nitrogens with zero attached hydrogens (tertiary/aromatic N) is 5. The van der Waals surface area contributed by atoms with Crippen LogP contribution in [-0.2, 0) is 4.79 Å². The largest absolute Gasteiger partial charge is 0.345 e. The molecule has 0 unspecified atom stereocenters. The molecule has 7 heteroatoms. The van der Waals surface area contributed by atoms with Gasteiger partial charge in [0.05, 0.1) is 12.1 Å². The molecule has 0 spiro atoms. The Kier molecular flexibility index (Phi) is 4.27. The third-order valence-corrected chi connectivity index (χ3v) is 3.75. The lowest BCUT2D eigenvalue weighted by molar-refractivity contribution is -0.131. The summed E-state index contributed by atoms with van der Waals surface area (Å²) in [4.78, 5) is 25.0. The zero-order valence-corrected chi connectivity index (χ0v) is 13.7. The summed E-state index contributed by atoms with van der Waals surface area (Å²) >= 11 is 0. The molecule has 3 heterocycles. The van der Waals surface area contributed by atoms with Crippen LogP contribution in [0.15, 0.2) is 22.9 Å². The van der Waals surface area contributed by atoms with E-state index >= 15 is 0 Å². The lowest BCUT2D eigenvalue weighted by atomic mass is 10.1. The van der Waals surface area contributed by atoms with Crippen LogP contribution in [0.5, 0.6) is 0 Å². The molecule has 23 heavy (non-hydrogen) atoms. The standard InChI is InChI=1S/C16H21N5O2/c1-11(2)9-20-7-8-21(10-14(20)22)15-13(5-4-6-17-15)16-18-12(3)19-23-16/h4-6,11H,7-10H2,1-3H3. The Labute approximate surface area is 135 Å². The van der Waals surface area contributed by atoms with Gasteiger partial charge >= 0.3 is 0 Å². The van der Waals surface area contributed by atoms with Crippen molar-refractivity contribution in [3.8, 4) is 11.5 Å². The molecule has 0 atom stereocenters. The summed E-state index contributed by atoms with van der Waals surface area (Å²) in [5, 5.41) is 3.83. The number of anilines is 1. The van der Waals surface area contributed by atoms with Gasteiger partial charge in [-0.15, -0.1) is 0 Å². The van der Waals surface area contributed by atoms with Gasteiger partial charge in [0.25, 0.3) is 5.89 Å². The van der Waals surface area contributed by atoms with E-state index in [1.54, 1.807) is 13.1 Å². The fraction of sp³-hybridized carbons (Fsp3) is 0.500. The molecule has 1 fully saturated rings. The van der Waals surface area contributed by atoms with E-state index in [1.807, 2.05) is 21.9 Å². The number of hydrogen-bond donors (Lipinski definition) is 0. The summed E-state index contributed by atoms with van der Waals surface area (Å²) in [6.45, 7) is 8.58. The molecule has 0 radical (unpaired) electrons. The second kappa shape index (κ2) is 6.36. The number of rotatable bonds is 4. The van der Waals surface area contributed by atoms with Crippen LogP contribution in [0.2, 0.25) is 0 Å². The molecule has 7 nitrogen and oxygen atoms in total. The second-order valence-corrected chi connectivity index (χ2v) is 6.18. The number of aryl methyl sites for hydroxylation is 1. The van der Waals surface area contributed by atoms with Crippen molar-refractivity contribution in [2.24, 2.45) is 5.92 Å². The summed E-state index contributed by atoms with van der Waals surface area (Å²) in [5.41, 5.74) is 0.762. The van der Waals surface area contributed by atoms with Crippen molar-refractivity contribution in [3.05, 3.63) is 24.2 Å². The normalized spacial score (nSPS) is 15.6.